The molecule has 116 valence electrons. The van der Waals surface area contributed by atoms with Gasteiger partial charge in [0.2, 0.25) is 0 Å². The Morgan fingerprint density at radius 2 is 2.23 bits per heavy atom. The maximum absolute atomic E-state index is 12.3. The fourth-order valence-corrected chi connectivity index (χ4v) is 2.09. The zero-order chi connectivity index (χ0) is 15.9. The number of rotatable bonds is 6. The minimum Gasteiger partial charge on any atom is -0.382 e. The van der Waals surface area contributed by atoms with E-state index in [2.05, 4.69) is 27.2 Å². The molecule has 0 saturated heterocycles. The molecule has 6 heteroatoms. The van der Waals surface area contributed by atoms with Crippen molar-refractivity contribution in [1.82, 2.24) is 20.3 Å². The predicted octanol–water partition coefficient (Wildman–Crippen LogP) is 2.43. The van der Waals surface area contributed by atoms with Gasteiger partial charge in [-0.15, -0.1) is 0 Å². The Kier molecular flexibility index (Phi) is 5.41. The highest BCUT2D eigenvalue weighted by atomic mass is 16.2. The molecule has 0 saturated carbocycles. The Labute approximate surface area is 130 Å². The first-order valence-electron chi connectivity index (χ1n) is 7.45. The summed E-state index contributed by atoms with van der Waals surface area (Å²) >= 11 is 0. The van der Waals surface area contributed by atoms with Gasteiger partial charge in [-0.05, 0) is 25.5 Å². The van der Waals surface area contributed by atoms with Crippen LogP contribution in [0.5, 0.6) is 0 Å². The molecule has 0 aliphatic rings. The third kappa shape index (κ3) is 4.00. The minimum absolute atomic E-state index is 0.0794. The molecule has 2 aromatic rings. The summed E-state index contributed by atoms with van der Waals surface area (Å²) in [5.74, 6) is -0.160. The number of nitrogens with zero attached hydrogens (tertiary/aromatic N) is 3. The molecule has 6 nitrogen and oxygen atoms in total. The number of aromatic nitrogens is 3. The maximum atomic E-state index is 12.3. The van der Waals surface area contributed by atoms with Gasteiger partial charge in [-0.3, -0.25) is 9.78 Å². The van der Waals surface area contributed by atoms with Crippen LogP contribution in [0.1, 0.15) is 43.6 Å². The molecule has 0 bridgehead atoms. The molecular formula is C16H21N5O. The average molecular weight is 299 g/mol. The van der Waals surface area contributed by atoms with Crippen molar-refractivity contribution in [2.45, 2.75) is 39.2 Å². The molecule has 0 fully saturated rings. The van der Waals surface area contributed by atoms with E-state index >= 15 is 0 Å². The first-order valence-corrected chi connectivity index (χ1v) is 7.45. The second kappa shape index (κ2) is 7.49. The SMILES string of the molecule is CCCCC(C)NC(=O)c1nc(-c2cccnc2)cnc1N. The quantitative estimate of drug-likeness (QED) is 0.854. The molecule has 0 radical (unpaired) electrons. The largest absolute Gasteiger partial charge is 0.382 e. The van der Waals surface area contributed by atoms with Crippen molar-refractivity contribution in [1.29, 1.82) is 0 Å². The van der Waals surface area contributed by atoms with Crippen LogP contribution in [0.4, 0.5) is 5.82 Å². The molecule has 2 heterocycles. The number of hydrogen-bond donors (Lipinski definition) is 2. The average Bonchev–Trinajstić information content (AvgIpc) is 2.54. The van der Waals surface area contributed by atoms with Crippen molar-refractivity contribution >= 4 is 11.7 Å². The van der Waals surface area contributed by atoms with E-state index in [1.807, 2.05) is 13.0 Å². The van der Waals surface area contributed by atoms with E-state index in [9.17, 15) is 4.79 Å². The molecule has 22 heavy (non-hydrogen) atoms. The second-order valence-electron chi connectivity index (χ2n) is 5.25. The number of carbonyl (C=O) groups is 1. The normalized spacial score (nSPS) is 11.9. The van der Waals surface area contributed by atoms with Gasteiger partial charge in [0, 0.05) is 24.0 Å². The third-order valence-corrected chi connectivity index (χ3v) is 3.34. The van der Waals surface area contributed by atoms with Crippen molar-refractivity contribution in [3.8, 4) is 11.3 Å². The van der Waals surface area contributed by atoms with Gasteiger partial charge in [0.25, 0.3) is 5.91 Å². The van der Waals surface area contributed by atoms with Crippen molar-refractivity contribution < 1.29 is 4.79 Å². The van der Waals surface area contributed by atoms with Crippen LogP contribution in [-0.2, 0) is 0 Å². The lowest BCUT2D eigenvalue weighted by molar-refractivity contribution is 0.0933. The Balaban J connectivity index is 2.18. The number of nitrogens with one attached hydrogen (secondary N) is 1. The highest BCUT2D eigenvalue weighted by molar-refractivity contribution is 5.96. The Morgan fingerprint density at radius 3 is 2.91 bits per heavy atom. The molecule has 2 rings (SSSR count). The van der Waals surface area contributed by atoms with E-state index in [0.29, 0.717) is 5.69 Å². The van der Waals surface area contributed by atoms with Gasteiger partial charge in [-0.25, -0.2) is 9.97 Å². The Bertz CT molecular complexity index is 630. The van der Waals surface area contributed by atoms with Crippen LogP contribution in [0.2, 0.25) is 0 Å². The highest BCUT2D eigenvalue weighted by Crippen LogP contribution is 2.17. The number of nitrogen functional groups attached to an aromatic ring is 1. The molecular weight excluding hydrogens is 278 g/mol. The molecule has 0 aromatic carbocycles. The van der Waals surface area contributed by atoms with Crippen LogP contribution in [0.3, 0.4) is 0 Å². The molecule has 0 aliphatic carbocycles. The minimum atomic E-state index is -0.292. The first-order chi connectivity index (χ1) is 10.6. The van der Waals surface area contributed by atoms with Crippen molar-refractivity contribution in [2.24, 2.45) is 0 Å². The van der Waals surface area contributed by atoms with Gasteiger partial charge in [-0.2, -0.15) is 0 Å². The monoisotopic (exact) mass is 299 g/mol. The summed E-state index contributed by atoms with van der Waals surface area (Å²) in [5.41, 5.74) is 7.32. The van der Waals surface area contributed by atoms with Crippen LogP contribution in [0, 0.1) is 0 Å². The Morgan fingerprint density at radius 1 is 1.41 bits per heavy atom. The van der Waals surface area contributed by atoms with Gasteiger partial charge in [0.15, 0.2) is 11.5 Å². The van der Waals surface area contributed by atoms with Crippen LogP contribution >= 0.6 is 0 Å². The standard InChI is InChI=1S/C16H21N5O/c1-3-4-6-11(2)20-16(22)14-15(17)19-10-13(21-14)12-7-5-8-18-9-12/h5,7-11H,3-4,6H2,1-2H3,(H2,17,19)(H,20,22). The summed E-state index contributed by atoms with van der Waals surface area (Å²) in [6.45, 7) is 4.09. The number of carbonyl (C=O) groups excluding carboxylic acids is 1. The van der Waals surface area contributed by atoms with Gasteiger partial charge in [-0.1, -0.05) is 19.8 Å². The van der Waals surface area contributed by atoms with Crippen molar-refractivity contribution in [3.63, 3.8) is 0 Å². The summed E-state index contributed by atoms with van der Waals surface area (Å²) in [4.78, 5) is 24.8. The zero-order valence-corrected chi connectivity index (χ0v) is 12.9. The predicted molar refractivity (Wildman–Crippen MR) is 86.1 cm³/mol. The van der Waals surface area contributed by atoms with E-state index in [4.69, 9.17) is 5.73 Å². The van der Waals surface area contributed by atoms with Crippen molar-refractivity contribution in [2.75, 3.05) is 5.73 Å². The number of amides is 1. The summed E-state index contributed by atoms with van der Waals surface area (Å²) < 4.78 is 0. The van der Waals surface area contributed by atoms with Crippen LogP contribution < -0.4 is 11.1 Å². The third-order valence-electron chi connectivity index (χ3n) is 3.34. The van der Waals surface area contributed by atoms with E-state index in [1.165, 1.54) is 0 Å². The van der Waals surface area contributed by atoms with Crippen molar-refractivity contribution in [3.05, 3.63) is 36.4 Å². The number of nitrogens with two attached hydrogens (primary N) is 1. The summed E-state index contributed by atoms with van der Waals surface area (Å²) in [6, 6.07) is 3.74. The van der Waals surface area contributed by atoms with E-state index in [1.54, 1.807) is 24.7 Å². The van der Waals surface area contributed by atoms with Gasteiger partial charge < -0.3 is 11.1 Å². The molecule has 1 unspecified atom stereocenters. The van der Waals surface area contributed by atoms with Crippen LogP contribution in [0.25, 0.3) is 11.3 Å². The summed E-state index contributed by atoms with van der Waals surface area (Å²) in [7, 11) is 0. The fourth-order valence-electron chi connectivity index (χ4n) is 2.09. The molecule has 0 aliphatic heterocycles. The lowest BCUT2D eigenvalue weighted by atomic mass is 10.1. The second-order valence-corrected chi connectivity index (χ2v) is 5.25. The lowest BCUT2D eigenvalue weighted by Gasteiger charge is -2.14. The summed E-state index contributed by atoms with van der Waals surface area (Å²) in [6.07, 6.45) is 7.99. The number of unbranched alkanes of at least 4 members (excludes halogenated alkanes) is 1. The topological polar surface area (TPSA) is 93.8 Å². The fraction of sp³-hybridized carbons (Fsp3) is 0.375. The van der Waals surface area contributed by atoms with E-state index in [0.717, 1.165) is 24.8 Å². The lowest BCUT2D eigenvalue weighted by Crippen LogP contribution is -2.33. The smallest absolute Gasteiger partial charge is 0.273 e. The van der Waals surface area contributed by atoms with Gasteiger partial charge >= 0.3 is 0 Å². The number of hydrogen-bond acceptors (Lipinski definition) is 5. The van der Waals surface area contributed by atoms with Gasteiger partial charge in [0.1, 0.15) is 0 Å². The first kappa shape index (κ1) is 15.9. The van der Waals surface area contributed by atoms with Crippen LogP contribution in [-0.4, -0.2) is 26.9 Å². The maximum Gasteiger partial charge on any atom is 0.273 e. The molecule has 1 amide bonds. The number of pyridine rings is 1. The molecule has 0 spiro atoms. The molecule has 2 aromatic heterocycles. The van der Waals surface area contributed by atoms with Crippen LogP contribution in [0.15, 0.2) is 30.7 Å². The molecule has 3 N–H and O–H groups in total. The highest BCUT2D eigenvalue weighted by Gasteiger charge is 2.16. The zero-order valence-electron chi connectivity index (χ0n) is 12.9. The Hall–Kier alpha value is -2.50. The molecule has 1 atom stereocenters. The van der Waals surface area contributed by atoms with E-state index < -0.39 is 0 Å². The summed E-state index contributed by atoms with van der Waals surface area (Å²) in [5, 5.41) is 2.91. The van der Waals surface area contributed by atoms with Gasteiger partial charge in [0.05, 0.1) is 11.9 Å². The number of anilines is 1. The van der Waals surface area contributed by atoms with E-state index in [-0.39, 0.29) is 23.5 Å².